The molecule has 1 fully saturated rings. The maximum absolute atomic E-state index is 12.3. The van der Waals surface area contributed by atoms with Crippen molar-refractivity contribution in [1.82, 2.24) is 4.90 Å². The summed E-state index contributed by atoms with van der Waals surface area (Å²) in [7, 11) is 0. The Hall–Kier alpha value is -0.290. The molecule has 0 aromatic carbocycles. The van der Waals surface area contributed by atoms with Crippen LogP contribution in [0.25, 0.3) is 0 Å². The molecule has 1 aliphatic rings. The smallest absolute Gasteiger partial charge is 0.264 e. The van der Waals surface area contributed by atoms with Crippen molar-refractivity contribution in [2.45, 2.75) is 25.8 Å². The highest BCUT2D eigenvalue weighted by Gasteiger charge is 2.30. The molecule has 3 nitrogen and oxygen atoms in total. The molecule has 2 heterocycles. The molecular weight excluding hydrogens is 291 g/mol. The van der Waals surface area contributed by atoms with Crippen LogP contribution < -0.4 is 5.73 Å². The van der Waals surface area contributed by atoms with Crippen LogP contribution in [-0.4, -0.2) is 29.9 Å². The molecule has 0 saturated carbocycles. The van der Waals surface area contributed by atoms with Gasteiger partial charge in [0.15, 0.2) is 0 Å². The number of carbonyl (C=O) groups is 1. The Morgan fingerprint density at radius 2 is 2.33 bits per heavy atom. The molecule has 2 N–H and O–H groups in total. The molecule has 1 aliphatic heterocycles. The van der Waals surface area contributed by atoms with E-state index in [1.807, 2.05) is 4.90 Å². The quantitative estimate of drug-likeness (QED) is 0.913. The highest BCUT2D eigenvalue weighted by Crippen LogP contribution is 2.27. The summed E-state index contributed by atoms with van der Waals surface area (Å²) in [5.74, 6) is 0.726. The molecule has 0 aliphatic carbocycles. The fraction of sp³-hybridized carbons (Fsp3) is 0.583. The number of nitrogens with zero attached hydrogens (tertiary/aromatic N) is 1. The van der Waals surface area contributed by atoms with Gasteiger partial charge in [-0.25, -0.2) is 0 Å². The molecule has 0 spiro atoms. The van der Waals surface area contributed by atoms with E-state index >= 15 is 0 Å². The minimum Gasteiger partial charge on any atom is -0.334 e. The maximum atomic E-state index is 12.3. The van der Waals surface area contributed by atoms with Crippen molar-refractivity contribution in [3.8, 4) is 0 Å². The largest absolute Gasteiger partial charge is 0.334 e. The van der Waals surface area contributed by atoms with Gasteiger partial charge in [-0.1, -0.05) is 18.5 Å². The lowest BCUT2D eigenvalue weighted by Gasteiger charge is -2.37. The molecule has 6 heteroatoms. The van der Waals surface area contributed by atoms with Crippen molar-refractivity contribution in [3.63, 3.8) is 0 Å². The number of carbonyl (C=O) groups excluding carboxylic acids is 1. The Balaban J connectivity index is 0.00000162. The van der Waals surface area contributed by atoms with Crippen molar-refractivity contribution in [1.29, 1.82) is 0 Å². The topological polar surface area (TPSA) is 46.3 Å². The Labute approximate surface area is 123 Å². The van der Waals surface area contributed by atoms with E-state index < -0.39 is 0 Å². The molecule has 1 aromatic rings. The molecule has 2 rings (SSSR count). The van der Waals surface area contributed by atoms with Crippen molar-refractivity contribution in [2.75, 3.05) is 13.1 Å². The monoisotopic (exact) mass is 308 g/mol. The van der Waals surface area contributed by atoms with Crippen LogP contribution >= 0.6 is 35.3 Å². The van der Waals surface area contributed by atoms with Gasteiger partial charge in [0.25, 0.3) is 5.91 Å². The van der Waals surface area contributed by atoms with Gasteiger partial charge >= 0.3 is 0 Å². The average molecular weight is 309 g/mol. The number of rotatable bonds is 2. The van der Waals surface area contributed by atoms with Crippen LogP contribution in [0.1, 0.15) is 29.4 Å². The van der Waals surface area contributed by atoms with E-state index in [1.165, 1.54) is 11.3 Å². The predicted molar refractivity (Wildman–Crippen MR) is 78.9 cm³/mol. The zero-order valence-electron chi connectivity index (χ0n) is 10.3. The fourth-order valence-electron chi connectivity index (χ4n) is 2.31. The molecule has 1 aromatic heterocycles. The Kier molecular flexibility index (Phi) is 5.92. The lowest BCUT2D eigenvalue weighted by atomic mass is 9.92. The molecule has 0 bridgehead atoms. The van der Waals surface area contributed by atoms with Gasteiger partial charge in [-0.2, -0.15) is 0 Å². The second kappa shape index (κ2) is 6.75. The minimum atomic E-state index is 0. The second-order valence-corrected chi connectivity index (χ2v) is 6.34. The third kappa shape index (κ3) is 3.38. The molecule has 1 saturated heterocycles. The van der Waals surface area contributed by atoms with E-state index in [0.717, 1.165) is 19.4 Å². The zero-order valence-corrected chi connectivity index (χ0v) is 12.7. The number of halogens is 2. The first-order valence-corrected chi connectivity index (χ1v) is 7.07. The van der Waals surface area contributed by atoms with E-state index in [4.69, 9.17) is 17.3 Å². The van der Waals surface area contributed by atoms with Crippen molar-refractivity contribution in [3.05, 3.63) is 21.3 Å². The number of piperidine rings is 1. The van der Waals surface area contributed by atoms with Crippen molar-refractivity contribution < 1.29 is 4.79 Å². The van der Waals surface area contributed by atoms with Gasteiger partial charge < -0.3 is 10.6 Å². The third-order valence-electron chi connectivity index (χ3n) is 3.29. The normalized spacial score (nSPS) is 23.6. The zero-order chi connectivity index (χ0) is 12.4. The predicted octanol–water partition coefficient (Wildman–Crippen LogP) is 3.02. The SMILES string of the molecule is CC1CCN(C(=O)c2ccc(Cl)s2)C(CN)C1.Cl. The molecule has 2 unspecified atom stereocenters. The summed E-state index contributed by atoms with van der Waals surface area (Å²) in [5, 5.41) is 0. The van der Waals surface area contributed by atoms with Gasteiger partial charge in [-0.3, -0.25) is 4.79 Å². The molecular formula is C12H18Cl2N2OS. The summed E-state index contributed by atoms with van der Waals surface area (Å²) in [6, 6.07) is 3.73. The number of likely N-dealkylation sites (tertiary alicyclic amines) is 1. The first kappa shape index (κ1) is 15.8. The van der Waals surface area contributed by atoms with E-state index in [0.29, 0.717) is 21.7 Å². The van der Waals surface area contributed by atoms with Gasteiger partial charge in [0.1, 0.15) is 0 Å². The fourth-order valence-corrected chi connectivity index (χ4v) is 3.31. The van der Waals surface area contributed by atoms with Crippen LogP contribution in [0, 0.1) is 5.92 Å². The lowest BCUT2D eigenvalue weighted by molar-refractivity contribution is 0.0578. The molecule has 102 valence electrons. The summed E-state index contributed by atoms with van der Waals surface area (Å²) in [5.41, 5.74) is 5.76. The Morgan fingerprint density at radius 1 is 1.61 bits per heavy atom. The van der Waals surface area contributed by atoms with Crippen LogP contribution in [0.4, 0.5) is 0 Å². The van der Waals surface area contributed by atoms with Crippen LogP contribution in [0.5, 0.6) is 0 Å². The van der Waals surface area contributed by atoms with E-state index in [-0.39, 0.29) is 24.4 Å². The number of hydrogen-bond donors (Lipinski definition) is 1. The van der Waals surface area contributed by atoms with Gasteiger partial charge in [-0.05, 0) is 30.9 Å². The molecule has 18 heavy (non-hydrogen) atoms. The highest BCUT2D eigenvalue weighted by atomic mass is 35.5. The second-order valence-electron chi connectivity index (χ2n) is 4.62. The lowest BCUT2D eigenvalue weighted by Crippen LogP contribution is -2.49. The van der Waals surface area contributed by atoms with Gasteiger partial charge in [0.05, 0.1) is 9.21 Å². The van der Waals surface area contributed by atoms with Crippen molar-refractivity contribution in [2.24, 2.45) is 11.7 Å². The average Bonchev–Trinajstić information content (AvgIpc) is 2.75. The number of hydrogen-bond acceptors (Lipinski definition) is 3. The first-order valence-electron chi connectivity index (χ1n) is 5.88. The van der Waals surface area contributed by atoms with Gasteiger partial charge in [-0.15, -0.1) is 23.7 Å². The molecule has 0 radical (unpaired) electrons. The van der Waals surface area contributed by atoms with Gasteiger partial charge in [0.2, 0.25) is 0 Å². The summed E-state index contributed by atoms with van der Waals surface area (Å²) in [6.07, 6.45) is 2.06. The van der Waals surface area contributed by atoms with E-state index in [2.05, 4.69) is 6.92 Å². The van der Waals surface area contributed by atoms with Crippen LogP contribution in [0.15, 0.2) is 12.1 Å². The summed E-state index contributed by atoms with van der Waals surface area (Å²) >= 11 is 7.20. The molecule has 1 amide bonds. The minimum absolute atomic E-state index is 0. The van der Waals surface area contributed by atoms with Crippen molar-refractivity contribution >= 4 is 41.3 Å². The summed E-state index contributed by atoms with van der Waals surface area (Å²) < 4.78 is 0.656. The standard InChI is InChI=1S/C12H17ClN2OS.ClH/c1-8-4-5-15(9(6-8)7-14)12(16)10-2-3-11(13)17-10;/h2-3,8-9H,4-7,14H2,1H3;1H. The number of nitrogens with two attached hydrogens (primary N) is 1. The Morgan fingerprint density at radius 3 is 2.89 bits per heavy atom. The number of thiophene rings is 1. The van der Waals surface area contributed by atoms with Crippen LogP contribution in [-0.2, 0) is 0 Å². The van der Waals surface area contributed by atoms with Crippen LogP contribution in [0.3, 0.4) is 0 Å². The van der Waals surface area contributed by atoms with Crippen LogP contribution in [0.2, 0.25) is 4.34 Å². The summed E-state index contributed by atoms with van der Waals surface area (Å²) in [4.78, 5) is 14.9. The maximum Gasteiger partial charge on any atom is 0.264 e. The third-order valence-corrected chi connectivity index (χ3v) is 4.51. The van der Waals surface area contributed by atoms with E-state index in [1.54, 1.807) is 12.1 Å². The summed E-state index contributed by atoms with van der Waals surface area (Å²) in [6.45, 7) is 3.55. The highest BCUT2D eigenvalue weighted by molar-refractivity contribution is 7.17. The Bertz CT molecular complexity index is 411. The van der Waals surface area contributed by atoms with E-state index in [9.17, 15) is 4.79 Å². The number of amides is 1. The molecule has 2 atom stereocenters. The van der Waals surface area contributed by atoms with Gasteiger partial charge in [0, 0.05) is 19.1 Å². The first-order chi connectivity index (χ1) is 8.11.